The zero-order valence-electron chi connectivity index (χ0n) is 19.1. The number of hydrogen-bond donors (Lipinski definition) is 1. The summed E-state index contributed by atoms with van der Waals surface area (Å²) in [7, 11) is 0. The summed E-state index contributed by atoms with van der Waals surface area (Å²) in [6.07, 6.45) is 8.14. The van der Waals surface area contributed by atoms with Crippen molar-refractivity contribution in [2.75, 3.05) is 19.0 Å². The summed E-state index contributed by atoms with van der Waals surface area (Å²) in [6.45, 7) is 8.75. The zero-order chi connectivity index (χ0) is 21.8. The average Bonchev–Trinajstić information content (AvgIpc) is 3.38. The van der Waals surface area contributed by atoms with Crippen LogP contribution in [0.5, 0.6) is 0 Å². The number of halogens is 1. The van der Waals surface area contributed by atoms with Crippen LogP contribution in [0.2, 0.25) is 0 Å². The fraction of sp³-hybridized carbons (Fsp3) is 0.760. The van der Waals surface area contributed by atoms with Gasteiger partial charge < -0.3 is 5.32 Å². The van der Waals surface area contributed by atoms with E-state index in [1.54, 1.807) is 0 Å². The molecule has 4 aliphatic carbocycles. The van der Waals surface area contributed by atoms with E-state index in [-0.39, 0.29) is 17.9 Å². The van der Waals surface area contributed by atoms with Crippen molar-refractivity contribution in [2.24, 2.45) is 34.2 Å². The van der Waals surface area contributed by atoms with Gasteiger partial charge in [0, 0.05) is 34.6 Å². The lowest BCUT2D eigenvalue weighted by molar-refractivity contribution is -0.119. The molecule has 5 atom stereocenters. The van der Waals surface area contributed by atoms with Gasteiger partial charge in [-0.05, 0) is 80.2 Å². The summed E-state index contributed by atoms with van der Waals surface area (Å²) < 4.78 is 0. The van der Waals surface area contributed by atoms with Gasteiger partial charge in [-0.1, -0.05) is 20.3 Å². The first-order valence-corrected chi connectivity index (χ1v) is 13.5. The smallest absolute Gasteiger partial charge is 0.267 e. The molecule has 6 heteroatoms. The minimum Gasteiger partial charge on any atom is -0.351 e. The van der Waals surface area contributed by atoms with E-state index >= 15 is 0 Å². The highest BCUT2D eigenvalue weighted by atomic mass is 35.5. The van der Waals surface area contributed by atoms with Crippen LogP contribution in [-0.4, -0.2) is 35.6 Å². The number of aryl methyl sites for hydroxylation is 1. The fourth-order valence-electron chi connectivity index (χ4n) is 6.86. The number of amides is 1. The van der Waals surface area contributed by atoms with Gasteiger partial charge in [-0.2, -0.15) is 5.10 Å². The zero-order valence-corrected chi connectivity index (χ0v) is 20.7. The molecule has 2 bridgehead atoms. The number of carbonyl (C=O) groups is 1. The Balaban J connectivity index is 1.26. The molecule has 6 rings (SSSR count). The second-order valence-electron chi connectivity index (χ2n) is 10.8. The standard InChI is InChI=1S/C25H36ClN3OS/c1-15-11-17-12-19-21(28-29(10-6-4-5-9-26)22(19)23(17)31-15)24(30)27-14-16-7-8-18-13-20(16)25(18,2)3/h11,16,18-20,22H,4-10,12-14H2,1-3H3,(H,27,30). The Kier molecular flexibility index (Phi) is 5.87. The molecule has 1 aliphatic heterocycles. The molecule has 4 nitrogen and oxygen atoms in total. The Hall–Kier alpha value is -1.07. The van der Waals surface area contributed by atoms with Gasteiger partial charge in [-0.3, -0.25) is 9.80 Å². The van der Waals surface area contributed by atoms with E-state index in [1.165, 1.54) is 34.6 Å². The second-order valence-corrected chi connectivity index (χ2v) is 12.5. The predicted octanol–water partition coefficient (Wildman–Crippen LogP) is 5.54. The van der Waals surface area contributed by atoms with Gasteiger partial charge in [0.25, 0.3) is 5.91 Å². The molecule has 1 amide bonds. The molecule has 1 aromatic rings. The molecule has 3 fully saturated rings. The quantitative estimate of drug-likeness (QED) is 0.408. The maximum Gasteiger partial charge on any atom is 0.267 e. The lowest BCUT2D eigenvalue weighted by Gasteiger charge is -2.60. The molecule has 0 saturated heterocycles. The molecule has 2 heterocycles. The van der Waals surface area contributed by atoms with E-state index in [2.05, 4.69) is 37.2 Å². The number of nitrogens with one attached hydrogen (secondary N) is 1. The largest absolute Gasteiger partial charge is 0.351 e. The van der Waals surface area contributed by atoms with Gasteiger partial charge in [-0.15, -0.1) is 22.9 Å². The molecule has 31 heavy (non-hydrogen) atoms. The van der Waals surface area contributed by atoms with Crippen molar-refractivity contribution < 1.29 is 4.79 Å². The number of hydrogen-bond acceptors (Lipinski definition) is 4. The van der Waals surface area contributed by atoms with Gasteiger partial charge in [-0.25, -0.2) is 0 Å². The van der Waals surface area contributed by atoms with Crippen LogP contribution in [0.25, 0.3) is 0 Å². The van der Waals surface area contributed by atoms with E-state index in [1.807, 2.05) is 11.3 Å². The highest BCUT2D eigenvalue weighted by Crippen LogP contribution is 2.61. The van der Waals surface area contributed by atoms with E-state index in [9.17, 15) is 4.79 Å². The minimum absolute atomic E-state index is 0.0735. The molecule has 3 saturated carbocycles. The lowest BCUT2D eigenvalue weighted by Crippen LogP contribution is -2.55. The van der Waals surface area contributed by atoms with Crippen molar-refractivity contribution >= 4 is 34.6 Å². The number of rotatable bonds is 8. The number of thiophene rings is 1. The van der Waals surface area contributed by atoms with Gasteiger partial charge in [0.2, 0.25) is 0 Å². The van der Waals surface area contributed by atoms with Gasteiger partial charge in [0.1, 0.15) is 5.71 Å². The maximum atomic E-state index is 13.3. The summed E-state index contributed by atoms with van der Waals surface area (Å²) in [6, 6.07) is 2.57. The Morgan fingerprint density at radius 3 is 2.90 bits per heavy atom. The van der Waals surface area contributed by atoms with Crippen LogP contribution in [0.15, 0.2) is 11.2 Å². The summed E-state index contributed by atoms with van der Waals surface area (Å²) >= 11 is 7.75. The third kappa shape index (κ3) is 3.74. The Morgan fingerprint density at radius 2 is 2.16 bits per heavy atom. The highest BCUT2D eigenvalue weighted by Gasteiger charge is 2.54. The van der Waals surface area contributed by atoms with Crippen LogP contribution >= 0.6 is 22.9 Å². The molecular weight excluding hydrogens is 426 g/mol. The number of alkyl halides is 1. The molecule has 0 radical (unpaired) electrons. The first kappa shape index (κ1) is 21.8. The molecule has 1 aromatic heterocycles. The first-order valence-electron chi connectivity index (χ1n) is 12.2. The SMILES string of the molecule is Cc1cc2c(s1)C1C(C2)C(C(=O)NCC2CCC3CC2C3(C)C)=NN1CCCCCCl. The maximum absolute atomic E-state index is 13.3. The highest BCUT2D eigenvalue weighted by molar-refractivity contribution is 7.12. The first-order chi connectivity index (χ1) is 14.9. The molecule has 1 N–H and O–H groups in total. The molecule has 5 aliphatic rings. The summed E-state index contributed by atoms with van der Waals surface area (Å²) in [5, 5.41) is 10.4. The van der Waals surface area contributed by atoms with E-state index in [4.69, 9.17) is 16.7 Å². The van der Waals surface area contributed by atoms with Crippen LogP contribution < -0.4 is 5.32 Å². The number of unbranched alkanes of at least 4 members (excludes halogenated alkanes) is 2. The van der Waals surface area contributed by atoms with Crippen molar-refractivity contribution in [1.29, 1.82) is 0 Å². The third-order valence-corrected chi connectivity index (χ3v) is 10.2. The Bertz CT molecular complexity index is 876. The topological polar surface area (TPSA) is 44.7 Å². The fourth-order valence-corrected chi connectivity index (χ4v) is 8.28. The van der Waals surface area contributed by atoms with Crippen LogP contribution in [0, 0.1) is 36.0 Å². The monoisotopic (exact) mass is 461 g/mol. The van der Waals surface area contributed by atoms with Crippen molar-refractivity contribution in [3.05, 3.63) is 21.4 Å². The molecule has 5 unspecified atom stereocenters. The molecule has 0 spiro atoms. The summed E-state index contributed by atoms with van der Waals surface area (Å²) in [4.78, 5) is 16.1. The van der Waals surface area contributed by atoms with Crippen molar-refractivity contribution in [3.63, 3.8) is 0 Å². The van der Waals surface area contributed by atoms with Crippen LogP contribution in [0.1, 0.15) is 73.7 Å². The Morgan fingerprint density at radius 1 is 1.32 bits per heavy atom. The normalized spacial score (nSPS) is 32.3. The lowest BCUT2D eigenvalue weighted by atomic mass is 9.45. The van der Waals surface area contributed by atoms with Gasteiger partial charge in [0.15, 0.2) is 0 Å². The molecule has 170 valence electrons. The van der Waals surface area contributed by atoms with E-state index in [0.29, 0.717) is 11.3 Å². The van der Waals surface area contributed by atoms with Gasteiger partial charge >= 0.3 is 0 Å². The number of hydrazone groups is 1. The van der Waals surface area contributed by atoms with E-state index in [0.717, 1.165) is 62.2 Å². The summed E-state index contributed by atoms with van der Waals surface area (Å²) in [5.41, 5.74) is 2.66. The number of fused-ring (bicyclic) bond motifs is 5. The molecule has 0 aromatic carbocycles. The van der Waals surface area contributed by atoms with Crippen LogP contribution in [-0.2, 0) is 11.2 Å². The van der Waals surface area contributed by atoms with Crippen molar-refractivity contribution in [3.8, 4) is 0 Å². The van der Waals surface area contributed by atoms with Crippen molar-refractivity contribution in [1.82, 2.24) is 10.3 Å². The third-order valence-electron chi connectivity index (χ3n) is 8.74. The average molecular weight is 462 g/mol. The van der Waals surface area contributed by atoms with Gasteiger partial charge in [0.05, 0.1) is 6.04 Å². The van der Waals surface area contributed by atoms with E-state index < -0.39 is 0 Å². The number of nitrogens with zero attached hydrogens (tertiary/aromatic N) is 2. The molecular formula is C25H36ClN3OS. The predicted molar refractivity (Wildman–Crippen MR) is 129 cm³/mol. The van der Waals surface area contributed by atoms with Crippen LogP contribution in [0.3, 0.4) is 0 Å². The second kappa shape index (κ2) is 8.37. The summed E-state index contributed by atoms with van der Waals surface area (Å²) in [5.74, 6) is 3.30. The number of carbonyl (C=O) groups excluding carboxylic acids is 1. The van der Waals surface area contributed by atoms with Crippen LogP contribution in [0.4, 0.5) is 0 Å². The van der Waals surface area contributed by atoms with Crippen molar-refractivity contribution in [2.45, 2.75) is 71.8 Å². The Labute approximate surface area is 195 Å². The minimum atomic E-state index is 0.0735.